The van der Waals surface area contributed by atoms with Gasteiger partial charge in [-0.05, 0) is 18.6 Å². The lowest BCUT2D eigenvalue weighted by atomic mass is 10.2. The van der Waals surface area contributed by atoms with Crippen molar-refractivity contribution in [3.8, 4) is 17.1 Å². The third kappa shape index (κ3) is 4.44. The number of amides is 1. The summed E-state index contributed by atoms with van der Waals surface area (Å²) in [6.45, 7) is 2.06. The van der Waals surface area contributed by atoms with E-state index in [1.54, 1.807) is 0 Å². The van der Waals surface area contributed by atoms with Gasteiger partial charge >= 0.3 is 0 Å². The molecule has 0 bridgehead atoms. The Morgan fingerprint density at radius 2 is 1.80 bits per heavy atom. The second kappa shape index (κ2) is 8.10. The van der Waals surface area contributed by atoms with Crippen LogP contribution in [0.3, 0.4) is 0 Å². The maximum absolute atomic E-state index is 12.3. The van der Waals surface area contributed by atoms with Crippen molar-refractivity contribution in [1.29, 1.82) is 0 Å². The molecular formula is C19H19N3O3. The molecule has 1 N–H and O–H groups in total. The molecule has 6 nitrogen and oxygen atoms in total. The maximum atomic E-state index is 12.3. The normalized spacial score (nSPS) is 11.7. The molecule has 0 aliphatic heterocycles. The van der Waals surface area contributed by atoms with Crippen LogP contribution in [0.4, 0.5) is 0 Å². The van der Waals surface area contributed by atoms with Gasteiger partial charge < -0.3 is 14.6 Å². The highest BCUT2D eigenvalue weighted by Gasteiger charge is 2.19. The second-order valence-electron chi connectivity index (χ2n) is 5.42. The van der Waals surface area contributed by atoms with Gasteiger partial charge in [-0.2, -0.15) is 4.98 Å². The molecule has 6 heteroatoms. The van der Waals surface area contributed by atoms with E-state index in [-0.39, 0.29) is 12.5 Å². The highest BCUT2D eigenvalue weighted by atomic mass is 16.5. The summed E-state index contributed by atoms with van der Waals surface area (Å²) in [6.07, 6.45) is -0.0151. The predicted octanol–water partition coefficient (Wildman–Crippen LogP) is 3.21. The fourth-order valence-electron chi connectivity index (χ4n) is 2.29. The largest absolute Gasteiger partial charge is 0.481 e. The molecule has 2 aromatic carbocycles. The van der Waals surface area contributed by atoms with Crippen LogP contribution >= 0.6 is 0 Å². The Labute approximate surface area is 145 Å². The monoisotopic (exact) mass is 337 g/mol. The maximum Gasteiger partial charge on any atom is 0.261 e. The first-order valence-corrected chi connectivity index (χ1v) is 8.13. The first kappa shape index (κ1) is 16.7. The van der Waals surface area contributed by atoms with Gasteiger partial charge in [0.25, 0.3) is 5.91 Å². The molecule has 0 spiro atoms. The summed E-state index contributed by atoms with van der Waals surface area (Å²) in [5, 5.41) is 6.70. The molecule has 1 amide bonds. The third-order valence-electron chi connectivity index (χ3n) is 3.60. The molecule has 0 radical (unpaired) electrons. The molecule has 1 heterocycles. The van der Waals surface area contributed by atoms with Crippen LogP contribution in [-0.2, 0) is 11.3 Å². The van der Waals surface area contributed by atoms with Crippen LogP contribution in [-0.4, -0.2) is 22.2 Å². The summed E-state index contributed by atoms with van der Waals surface area (Å²) in [5.74, 6) is 1.29. The summed E-state index contributed by atoms with van der Waals surface area (Å²) in [7, 11) is 0. The number of benzene rings is 2. The van der Waals surface area contributed by atoms with Crippen molar-refractivity contribution in [2.75, 3.05) is 0 Å². The van der Waals surface area contributed by atoms with Crippen LogP contribution in [0.5, 0.6) is 5.75 Å². The lowest BCUT2D eigenvalue weighted by Crippen LogP contribution is -2.37. The Morgan fingerprint density at radius 3 is 2.48 bits per heavy atom. The number of ether oxygens (including phenoxy) is 1. The fraction of sp³-hybridized carbons (Fsp3) is 0.211. The molecule has 25 heavy (non-hydrogen) atoms. The smallest absolute Gasteiger partial charge is 0.261 e. The van der Waals surface area contributed by atoms with E-state index in [4.69, 9.17) is 9.26 Å². The molecule has 0 aliphatic rings. The van der Waals surface area contributed by atoms with E-state index in [9.17, 15) is 4.79 Å². The lowest BCUT2D eigenvalue weighted by Gasteiger charge is -2.16. The van der Waals surface area contributed by atoms with Gasteiger partial charge in [-0.1, -0.05) is 60.6 Å². The molecule has 128 valence electrons. The second-order valence-corrected chi connectivity index (χ2v) is 5.42. The zero-order valence-corrected chi connectivity index (χ0v) is 13.9. The number of carbonyl (C=O) groups excluding carboxylic acids is 1. The summed E-state index contributed by atoms with van der Waals surface area (Å²) >= 11 is 0. The van der Waals surface area contributed by atoms with Crippen molar-refractivity contribution < 1.29 is 14.1 Å². The first-order valence-electron chi connectivity index (χ1n) is 8.13. The fourth-order valence-corrected chi connectivity index (χ4v) is 2.29. The van der Waals surface area contributed by atoms with Crippen LogP contribution in [0.2, 0.25) is 0 Å². The Kier molecular flexibility index (Phi) is 5.41. The van der Waals surface area contributed by atoms with E-state index < -0.39 is 6.10 Å². The zero-order valence-electron chi connectivity index (χ0n) is 13.9. The van der Waals surface area contributed by atoms with E-state index in [2.05, 4.69) is 15.5 Å². The van der Waals surface area contributed by atoms with Crippen molar-refractivity contribution >= 4 is 5.91 Å². The predicted molar refractivity (Wildman–Crippen MR) is 92.7 cm³/mol. The highest BCUT2D eigenvalue weighted by molar-refractivity contribution is 5.80. The summed E-state index contributed by atoms with van der Waals surface area (Å²) in [4.78, 5) is 16.6. The standard InChI is InChI=1S/C19H19N3O3/c1-2-16(24-15-11-7-4-8-12-15)19(23)20-13-17-21-18(22-25-17)14-9-5-3-6-10-14/h3-12,16H,2,13H2,1H3,(H,20,23)/t16-/m0/s1. The van der Waals surface area contributed by atoms with Crippen LogP contribution < -0.4 is 10.1 Å². The number of carbonyl (C=O) groups is 1. The van der Waals surface area contributed by atoms with Gasteiger partial charge in [0.15, 0.2) is 6.10 Å². The number of hydrogen-bond acceptors (Lipinski definition) is 5. The van der Waals surface area contributed by atoms with Crippen LogP contribution in [0, 0.1) is 0 Å². The SMILES string of the molecule is CC[C@H](Oc1ccccc1)C(=O)NCc1nc(-c2ccccc2)no1. The molecule has 1 atom stereocenters. The van der Waals surface area contributed by atoms with E-state index in [0.29, 0.717) is 23.9 Å². The molecule has 0 saturated carbocycles. The minimum atomic E-state index is -0.570. The quantitative estimate of drug-likeness (QED) is 0.716. The summed E-state index contributed by atoms with van der Waals surface area (Å²) < 4.78 is 10.9. The van der Waals surface area contributed by atoms with E-state index in [1.807, 2.05) is 67.6 Å². The van der Waals surface area contributed by atoms with Crippen molar-refractivity contribution in [3.63, 3.8) is 0 Å². The summed E-state index contributed by atoms with van der Waals surface area (Å²) in [5.41, 5.74) is 0.864. The van der Waals surface area contributed by atoms with Gasteiger partial charge in [0.05, 0.1) is 6.54 Å². The van der Waals surface area contributed by atoms with E-state index in [1.165, 1.54) is 0 Å². The number of aromatic nitrogens is 2. The van der Waals surface area contributed by atoms with E-state index >= 15 is 0 Å². The summed E-state index contributed by atoms with van der Waals surface area (Å²) in [6, 6.07) is 18.8. The number of hydrogen-bond donors (Lipinski definition) is 1. The molecule has 0 unspecified atom stereocenters. The number of rotatable bonds is 7. The van der Waals surface area contributed by atoms with Crippen molar-refractivity contribution in [2.45, 2.75) is 26.0 Å². The van der Waals surface area contributed by atoms with Crippen LogP contribution in [0.25, 0.3) is 11.4 Å². The molecule has 0 saturated heterocycles. The molecule has 3 rings (SSSR count). The Morgan fingerprint density at radius 1 is 1.12 bits per heavy atom. The van der Waals surface area contributed by atoms with E-state index in [0.717, 1.165) is 5.56 Å². The molecule has 1 aromatic heterocycles. The zero-order chi connectivity index (χ0) is 17.5. The Hall–Kier alpha value is -3.15. The Bertz CT molecular complexity index is 803. The molecule has 0 fully saturated rings. The Balaban J connectivity index is 1.57. The average molecular weight is 337 g/mol. The third-order valence-corrected chi connectivity index (χ3v) is 3.60. The van der Waals surface area contributed by atoms with Crippen molar-refractivity contribution in [2.24, 2.45) is 0 Å². The van der Waals surface area contributed by atoms with Gasteiger partial charge in [-0.25, -0.2) is 0 Å². The highest BCUT2D eigenvalue weighted by Crippen LogP contribution is 2.15. The van der Waals surface area contributed by atoms with Gasteiger partial charge in [-0.15, -0.1) is 0 Å². The van der Waals surface area contributed by atoms with Gasteiger partial charge in [0.2, 0.25) is 11.7 Å². The number of nitrogens with zero attached hydrogens (tertiary/aromatic N) is 2. The number of nitrogens with one attached hydrogen (secondary N) is 1. The van der Waals surface area contributed by atoms with Crippen LogP contribution in [0.1, 0.15) is 19.2 Å². The molecule has 3 aromatic rings. The average Bonchev–Trinajstić information content (AvgIpc) is 3.15. The molecule has 0 aliphatic carbocycles. The van der Waals surface area contributed by atoms with Gasteiger partial charge in [0, 0.05) is 5.56 Å². The minimum absolute atomic E-state index is 0.160. The topological polar surface area (TPSA) is 77.2 Å². The number of para-hydroxylation sites is 1. The minimum Gasteiger partial charge on any atom is -0.481 e. The molecular weight excluding hydrogens is 318 g/mol. The van der Waals surface area contributed by atoms with Crippen molar-refractivity contribution in [3.05, 3.63) is 66.6 Å². The lowest BCUT2D eigenvalue weighted by molar-refractivity contribution is -0.128. The van der Waals surface area contributed by atoms with Crippen LogP contribution in [0.15, 0.2) is 65.2 Å². The van der Waals surface area contributed by atoms with Crippen molar-refractivity contribution in [1.82, 2.24) is 15.5 Å². The van der Waals surface area contributed by atoms with Gasteiger partial charge in [-0.3, -0.25) is 4.79 Å². The first-order chi connectivity index (χ1) is 12.3. The van der Waals surface area contributed by atoms with Gasteiger partial charge in [0.1, 0.15) is 5.75 Å².